The lowest BCUT2D eigenvalue weighted by Gasteiger charge is -2.39. The largest absolute Gasteiger partial charge is 0.489 e. The van der Waals surface area contributed by atoms with Crippen LogP contribution in [0.3, 0.4) is 0 Å². The molecular weight excluding hydrogens is 308 g/mol. The monoisotopic (exact) mass is 334 g/mol. The molecule has 0 aliphatic carbocycles. The summed E-state index contributed by atoms with van der Waals surface area (Å²) < 4.78 is 16.7. The molecule has 2 aliphatic heterocycles. The van der Waals surface area contributed by atoms with Crippen LogP contribution in [-0.2, 0) is 4.74 Å². The Bertz CT molecular complexity index is 568. The molecule has 1 aromatic heterocycles. The van der Waals surface area contributed by atoms with Gasteiger partial charge in [0.15, 0.2) is 0 Å². The van der Waals surface area contributed by atoms with E-state index in [1.807, 2.05) is 31.7 Å². The maximum Gasteiger partial charge on any atom is 0.410 e. The van der Waals surface area contributed by atoms with E-state index in [4.69, 9.17) is 14.2 Å². The zero-order chi connectivity index (χ0) is 17.3. The van der Waals surface area contributed by atoms with Gasteiger partial charge in [-0.25, -0.2) is 9.78 Å². The van der Waals surface area contributed by atoms with Crippen LogP contribution in [0, 0.1) is 0 Å². The Morgan fingerprint density at radius 2 is 1.88 bits per heavy atom. The van der Waals surface area contributed by atoms with Crippen LogP contribution >= 0.6 is 0 Å². The van der Waals surface area contributed by atoms with Crippen molar-refractivity contribution in [1.82, 2.24) is 9.88 Å². The zero-order valence-electron chi connectivity index (χ0n) is 14.8. The first kappa shape index (κ1) is 16.9. The minimum absolute atomic E-state index is 0.108. The molecule has 3 atom stereocenters. The van der Waals surface area contributed by atoms with Gasteiger partial charge < -0.3 is 19.1 Å². The molecule has 2 saturated heterocycles. The number of amides is 1. The summed E-state index contributed by atoms with van der Waals surface area (Å²) in [5.41, 5.74) is -0.460. The molecule has 3 rings (SSSR count). The van der Waals surface area contributed by atoms with Crippen LogP contribution < -0.4 is 9.47 Å². The number of rotatable bonds is 3. The minimum Gasteiger partial charge on any atom is -0.489 e. The topological polar surface area (TPSA) is 60.9 Å². The van der Waals surface area contributed by atoms with Gasteiger partial charge in [0.2, 0.25) is 5.88 Å². The van der Waals surface area contributed by atoms with E-state index in [1.165, 1.54) is 0 Å². The van der Waals surface area contributed by atoms with Crippen molar-refractivity contribution < 1.29 is 19.0 Å². The third-order valence-corrected chi connectivity index (χ3v) is 4.52. The summed E-state index contributed by atoms with van der Waals surface area (Å²) in [6.45, 7) is 5.71. The Hall–Kier alpha value is -1.98. The number of aromatic nitrogens is 1. The maximum absolute atomic E-state index is 12.4. The fraction of sp³-hybridized carbons (Fsp3) is 0.667. The normalized spacial score (nSPS) is 26.2. The Balaban J connectivity index is 1.61. The van der Waals surface area contributed by atoms with Gasteiger partial charge in [-0.1, -0.05) is 0 Å². The molecule has 1 amide bonds. The fourth-order valence-electron chi connectivity index (χ4n) is 3.59. The SMILES string of the molecule is COc1ccc(OC2C[C@H]3CC[C@@H](C2)N3C(=O)OC(C)(C)C)cn1. The Labute approximate surface area is 143 Å². The Kier molecular flexibility index (Phi) is 4.56. The number of ether oxygens (including phenoxy) is 3. The van der Waals surface area contributed by atoms with Gasteiger partial charge in [0.25, 0.3) is 0 Å². The van der Waals surface area contributed by atoms with Crippen LogP contribution in [0.25, 0.3) is 0 Å². The lowest BCUT2D eigenvalue weighted by atomic mass is 10.00. The number of pyridine rings is 1. The molecule has 24 heavy (non-hydrogen) atoms. The number of methoxy groups -OCH3 is 1. The molecule has 1 unspecified atom stereocenters. The molecule has 6 nitrogen and oxygen atoms in total. The van der Waals surface area contributed by atoms with Crippen LogP contribution in [0.2, 0.25) is 0 Å². The Morgan fingerprint density at radius 1 is 1.21 bits per heavy atom. The van der Waals surface area contributed by atoms with Crippen molar-refractivity contribution in [3.63, 3.8) is 0 Å². The van der Waals surface area contributed by atoms with Gasteiger partial charge in [-0.05, 0) is 39.7 Å². The molecule has 6 heteroatoms. The lowest BCUT2D eigenvalue weighted by Crippen LogP contribution is -2.50. The third-order valence-electron chi connectivity index (χ3n) is 4.52. The van der Waals surface area contributed by atoms with Gasteiger partial charge in [-0.3, -0.25) is 0 Å². The molecule has 0 spiro atoms. The predicted octanol–water partition coefficient (Wildman–Crippen LogP) is 3.40. The van der Waals surface area contributed by atoms with E-state index in [0.717, 1.165) is 31.4 Å². The van der Waals surface area contributed by atoms with Crippen LogP contribution in [-0.4, -0.2) is 46.9 Å². The van der Waals surface area contributed by atoms with E-state index in [0.29, 0.717) is 5.88 Å². The summed E-state index contributed by atoms with van der Waals surface area (Å²) in [6.07, 6.45) is 5.30. The van der Waals surface area contributed by atoms with Gasteiger partial charge in [-0.15, -0.1) is 0 Å². The number of carbonyl (C=O) groups excluding carboxylic acids is 1. The summed E-state index contributed by atoms with van der Waals surface area (Å²) in [5, 5.41) is 0. The molecule has 0 aromatic carbocycles. The standard InChI is InChI=1S/C18H26N2O4/c1-18(2,3)24-17(21)20-12-5-6-13(20)10-15(9-12)23-14-7-8-16(22-4)19-11-14/h7-8,11-13,15H,5-6,9-10H2,1-4H3/t12-,13+,15?. The van der Waals surface area contributed by atoms with Crippen molar-refractivity contribution in [2.75, 3.05) is 7.11 Å². The van der Waals surface area contributed by atoms with Crippen molar-refractivity contribution in [2.24, 2.45) is 0 Å². The second kappa shape index (κ2) is 6.49. The molecule has 132 valence electrons. The number of nitrogens with zero attached hydrogens (tertiary/aromatic N) is 2. The molecule has 0 radical (unpaired) electrons. The van der Waals surface area contributed by atoms with Crippen LogP contribution in [0.15, 0.2) is 18.3 Å². The quantitative estimate of drug-likeness (QED) is 0.848. The summed E-state index contributed by atoms with van der Waals surface area (Å²) in [6, 6.07) is 4.07. The number of piperidine rings is 1. The van der Waals surface area contributed by atoms with E-state index in [9.17, 15) is 4.79 Å². The molecule has 0 N–H and O–H groups in total. The number of carbonyl (C=O) groups is 1. The van der Waals surface area contributed by atoms with Crippen LogP contribution in [0.4, 0.5) is 4.79 Å². The highest BCUT2D eigenvalue weighted by molar-refractivity contribution is 5.69. The summed E-state index contributed by atoms with van der Waals surface area (Å²) >= 11 is 0. The minimum atomic E-state index is -0.460. The molecule has 2 bridgehead atoms. The average Bonchev–Trinajstić information content (AvgIpc) is 2.78. The molecule has 1 aromatic rings. The van der Waals surface area contributed by atoms with Crippen LogP contribution in [0.1, 0.15) is 46.5 Å². The van der Waals surface area contributed by atoms with Gasteiger partial charge >= 0.3 is 6.09 Å². The van der Waals surface area contributed by atoms with E-state index in [1.54, 1.807) is 19.4 Å². The van der Waals surface area contributed by atoms with E-state index >= 15 is 0 Å². The second-order valence-corrected chi connectivity index (χ2v) is 7.52. The number of hydrogen-bond acceptors (Lipinski definition) is 5. The van der Waals surface area contributed by atoms with Gasteiger partial charge in [-0.2, -0.15) is 0 Å². The Morgan fingerprint density at radius 3 is 2.38 bits per heavy atom. The van der Waals surface area contributed by atoms with E-state index < -0.39 is 5.60 Å². The highest BCUT2D eigenvalue weighted by atomic mass is 16.6. The molecule has 0 saturated carbocycles. The number of hydrogen-bond donors (Lipinski definition) is 0. The van der Waals surface area contributed by atoms with E-state index in [-0.39, 0.29) is 24.3 Å². The first-order valence-corrected chi connectivity index (χ1v) is 8.54. The summed E-state index contributed by atoms with van der Waals surface area (Å²) in [4.78, 5) is 18.5. The molecule has 2 aliphatic rings. The fourth-order valence-corrected chi connectivity index (χ4v) is 3.59. The smallest absolute Gasteiger partial charge is 0.410 e. The van der Waals surface area contributed by atoms with Gasteiger partial charge in [0.1, 0.15) is 17.5 Å². The van der Waals surface area contributed by atoms with Crippen LogP contribution in [0.5, 0.6) is 11.6 Å². The first-order valence-electron chi connectivity index (χ1n) is 8.54. The van der Waals surface area contributed by atoms with Gasteiger partial charge in [0, 0.05) is 31.0 Å². The highest BCUT2D eigenvalue weighted by Crippen LogP contribution is 2.38. The summed E-state index contributed by atoms with van der Waals surface area (Å²) in [5.74, 6) is 1.31. The van der Waals surface area contributed by atoms with Crippen molar-refractivity contribution in [2.45, 2.75) is 70.2 Å². The van der Waals surface area contributed by atoms with Crippen molar-refractivity contribution in [3.8, 4) is 11.6 Å². The molecular formula is C18H26N2O4. The average molecular weight is 334 g/mol. The highest BCUT2D eigenvalue weighted by Gasteiger charge is 2.45. The number of fused-ring (bicyclic) bond motifs is 2. The van der Waals surface area contributed by atoms with E-state index in [2.05, 4.69) is 4.98 Å². The zero-order valence-corrected chi connectivity index (χ0v) is 14.8. The van der Waals surface area contributed by atoms with Crippen molar-refractivity contribution in [3.05, 3.63) is 18.3 Å². The maximum atomic E-state index is 12.4. The third kappa shape index (κ3) is 3.74. The second-order valence-electron chi connectivity index (χ2n) is 7.52. The molecule has 2 fully saturated rings. The van der Waals surface area contributed by atoms with Crippen molar-refractivity contribution >= 4 is 6.09 Å². The molecule has 3 heterocycles. The van der Waals surface area contributed by atoms with Gasteiger partial charge in [0.05, 0.1) is 13.3 Å². The predicted molar refractivity (Wildman–Crippen MR) is 89.3 cm³/mol. The van der Waals surface area contributed by atoms with Crippen molar-refractivity contribution in [1.29, 1.82) is 0 Å². The summed E-state index contributed by atoms with van der Waals surface area (Å²) in [7, 11) is 1.59. The lowest BCUT2D eigenvalue weighted by molar-refractivity contribution is -0.00713. The first-order chi connectivity index (χ1) is 11.4.